The number of carbonyl (C=O) groups excluding carboxylic acids is 1. The zero-order valence-electron chi connectivity index (χ0n) is 13.3. The number of hydrogen-bond acceptors (Lipinski definition) is 2. The van der Waals surface area contributed by atoms with Crippen molar-refractivity contribution in [1.29, 1.82) is 0 Å². The van der Waals surface area contributed by atoms with E-state index in [1.165, 1.54) is 0 Å². The van der Waals surface area contributed by atoms with Gasteiger partial charge in [-0.3, -0.25) is 4.79 Å². The van der Waals surface area contributed by atoms with E-state index in [2.05, 4.69) is 5.32 Å². The number of aryl methyl sites for hydroxylation is 1. The van der Waals surface area contributed by atoms with Gasteiger partial charge >= 0.3 is 0 Å². The Morgan fingerprint density at radius 1 is 0.833 bits per heavy atom. The van der Waals surface area contributed by atoms with Crippen LogP contribution in [-0.4, -0.2) is 5.91 Å². The van der Waals surface area contributed by atoms with E-state index in [-0.39, 0.29) is 5.91 Å². The second kappa shape index (κ2) is 5.53. The monoisotopic (exact) mass is 315 g/mol. The number of ether oxygens (including phenoxy) is 1. The molecule has 1 aliphatic heterocycles. The van der Waals surface area contributed by atoms with Crippen LogP contribution in [0.5, 0.6) is 5.75 Å². The molecule has 0 saturated carbocycles. The maximum Gasteiger partial charge on any atom is 0.278 e. The average molecular weight is 315 g/mol. The van der Waals surface area contributed by atoms with Gasteiger partial charge in [0, 0.05) is 16.8 Å². The first kappa shape index (κ1) is 14.5. The molecule has 4 rings (SSSR count). The highest BCUT2D eigenvalue weighted by Crippen LogP contribution is 2.44. The summed E-state index contributed by atoms with van der Waals surface area (Å²) in [5, 5.41) is 2.95. The quantitative estimate of drug-likeness (QED) is 0.784. The second-order valence-electron chi connectivity index (χ2n) is 5.96. The van der Waals surface area contributed by atoms with Crippen LogP contribution in [-0.2, 0) is 10.4 Å². The van der Waals surface area contributed by atoms with Gasteiger partial charge in [0.25, 0.3) is 5.91 Å². The van der Waals surface area contributed by atoms with Crippen molar-refractivity contribution in [2.24, 2.45) is 0 Å². The highest BCUT2D eigenvalue weighted by molar-refractivity contribution is 6.07. The lowest BCUT2D eigenvalue weighted by molar-refractivity contribution is -0.127. The Hall–Kier alpha value is -3.07. The predicted molar refractivity (Wildman–Crippen MR) is 94.1 cm³/mol. The minimum absolute atomic E-state index is 0.171. The Kier molecular flexibility index (Phi) is 3.35. The van der Waals surface area contributed by atoms with Crippen molar-refractivity contribution in [3.8, 4) is 5.75 Å². The average Bonchev–Trinajstić information content (AvgIpc) is 2.90. The molecule has 0 aromatic heterocycles. The fraction of sp³-hybridized carbons (Fsp3) is 0.0952. The van der Waals surface area contributed by atoms with Crippen molar-refractivity contribution >= 4 is 11.6 Å². The number of para-hydroxylation sites is 1. The number of fused-ring (bicyclic) bond motifs is 1. The summed E-state index contributed by atoms with van der Waals surface area (Å²) in [4.78, 5) is 13.0. The van der Waals surface area contributed by atoms with Gasteiger partial charge in [0.05, 0.1) is 0 Å². The molecule has 0 bridgehead atoms. The van der Waals surface area contributed by atoms with Crippen LogP contribution >= 0.6 is 0 Å². The minimum atomic E-state index is -1.17. The summed E-state index contributed by atoms with van der Waals surface area (Å²) < 4.78 is 6.33. The molecule has 118 valence electrons. The Morgan fingerprint density at radius 2 is 1.50 bits per heavy atom. The van der Waals surface area contributed by atoms with E-state index in [1.807, 2.05) is 85.8 Å². The highest BCUT2D eigenvalue weighted by Gasteiger charge is 2.50. The van der Waals surface area contributed by atoms with Gasteiger partial charge in [-0.1, -0.05) is 66.2 Å². The second-order valence-corrected chi connectivity index (χ2v) is 5.96. The maximum absolute atomic E-state index is 13.0. The lowest BCUT2D eigenvalue weighted by Gasteiger charge is -2.29. The first-order valence-electron chi connectivity index (χ1n) is 7.92. The van der Waals surface area contributed by atoms with Crippen molar-refractivity contribution in [2.45, 2.75) is 12.5 Å². The van der Waals surface area contributed by atoms with Crippen LogP contribution in [0.4, 0.5) is 5.69 Å². The molecule has 3 nitrogen and oxygen atoms in total. The molecule has 3 heteroatoms. The molecule has 1 N–H and O–H groups in total. The summed E-state index contributed by atoms with van der Waals surface area (Å²) in [6.07, 6.45) is 0. The lowest BCUT2D eigenvalue weighted by Crippen LogP contribution is -2.41. The molecule has 1 heterocycles. The van der Waals surface area contributed by atoms with E-state index in [0.717, 1.165) is 22.4 Å². The molecular weight excluding hydrogens is 298 g/mol. The van der Waals surface area contributed by atoms with E-state index < -0.39 is 5.60 Å². The van der Waals surface area contributed by atoms with Crippen LogP contribution in [0.2, 0.25) is 0 Å². The Morgan fingerprint density at radius 3 is 2.25 bits per heavy atom. The van der Waals surface area contributed by atoms with Gasteiger partial charge < -0.3 is 10.1 Å². The molecule has 0 spiro atoms. The van der Waals surface area contributed by atoms with E-state index >= 15 is 0 Å². The number of rotatable bonds is 3. The van der Waals surface area contributed by atoms with Crippen LogP contribution in [0.1, 0.15) is 16.7 Å². The predicted octanol–water partition coefficient (Wildman–Crippen LogP) is 4.27. The molecule has 0 radical (unpaired) electrons. The van der Waals surface area contributed by atoms with Gasteiger partial charge in [0.15, 0.2) is 0 Å². The molecule has 3 aromatic carbocycles. The molecule has 1 atom stereocenters. The third-order valence-corrected chi connectivity index (χ3v) is 4.35. The van der Waals surface area contributed by atoms with Gasteiger partial charge in [0.1, 0.15) is 5.75 Å². The van der Waals surface area contributed by atoms with Crippen molar-refractivity contribution in [3.05, 3.63) is 95.6 Å². The van der Waals surface area contributed by atoms with Crippen LogP contribution in [0.15, 0.2) is 78.9 Å². The summed E-state index contributed by atoms with van der Waals surface area (Å²) in [7, 11) is 0. The first-order chi connectivity index (χ1) is 11.7. The SMILES string of the molecule is Cc1ccc(O[C@@]2(c3ccccc3)C(=O)Nc3ccccc32)cc1. The lowest BCUT2D eigenvalue weighted by atomic mass is 9.87. The summed E-state index contributed by atoms with van der Waals surface area (Å²) in [5.41, 5.74) is 2.41. The topological polar surface area (TPSA) is 38.3 Å². The molecule has 1 amide bonds. The molecule has 0 aliphatic carbocycles. The zero-order valence-corrected chi connectivity index (χ0v) is 13.3. The third kappa shape index (κ3) is 2.17. The Bertz CT molecular complexity index is 887. The van der Waals surface area contributed by atoms with Gasteiger partial charge in [-0.15, -0.1) is 0 Å². The fourth-order valence-corrected chi connectivity index (χ4v) is 3.13. The maximum atomic E-state index is 13.0. The molecule has 1 aliphatic rings. The van der Waals surface area contributed by atoms with Crippen LogP contribution in [0.25, 0.3) is 0 Å². The summed E-state index contributed by atoms with van der Waals surface area (Å²) in [6, 6.07) is 25.1. The van der Waals surface area contributed by atoms with Gasteiger partial charge in [-0.2, -0.15) is 0 Å². The van der Waals surface area contributed by atoms with E-state index in [9.17, 15) is 4.79 Å². The van der Waals surface area contributed by atoms with E-state index in [0.29, 0.717) is 5.75 Å². The number of amides is 1. The molecular formula is C21H17NO2. The molecule has 0 saturated heterocycles. The number of hydrogen-bond donors (Lipinski definition) is 1. The zero-order chi connectivity index (χ0) is 16.6. The van der Waals surface area contributed by atoms with Crippen LogP contribution in [0.3, 0.4) is 0 Å². The summed E-state index contributed by atoms with van der Waals surface area (Å²) in [6.45, 7) is 2.02. The number of carbonyl (C=O) groups is 1. The summed E-state index contributed by atoms with van der Waals surface area (Å²) in [5.74, 6) is 0.492. The highest BCUT2D eigenvalue weighted by atomic mass is 16.5. The fourth-order valence-electron chi connectivity index (χ4n) is 3.13. The van der Waals surface area contributed by atoms with Crippen molar-refractivity contribution in [2.75, 3.05) is 5.32 Å². The van der Waals surface area contributed by atoms with Crippen molar-refractivity contribution in [1.82, 2.24) is 0 Å². The Balaban J connectivity index is 1.91. The minimum Gasteiger partial charge on any atom is -0.468 e. The molecule has 3 aromatic rings. The van der Waals surface area contributed by atoms with Gasteiger partial charge in [-0.05, 0) is 25.1 Å². The Labute approximate surface area is 140 Å². The number of benzene rings is 3. The normalized spacial score (nSPS) is 18.8. The number of anilines is 1. The van der Waals surface area contributed by atoms with Crippen LogP contribution < -0.4 is 10.1 Å². The van der Waals surface area contributed by atoms with E-state index in [4.69, 9.17) is 4.74 Å². The largest absolute Gasteiger partial charge is 0.468 e. The van der Waals surface area contributed by atoms with Crippen molar-refractivity contribution < 1.29 is 9.53 Å². The van der Waals surface area contributed by atoms with Crippen LogP contribution in [0, 0.1) is 6.92 Å². The standard InChI is InChI=1S/C21H17NO2/c1-15-11-13-17(14-12-15)24-21(16-7-3-2-4-8-16)18-9-5-6-10-19(18)22-20(21)23/h2-14H,1H3,(H,22,23)/t21-/m1/s1. The smallest absolute Gasteiger partial charge is 0.278 e. The van der Waals surface area contributed by atoms with E-state index in [1.54, 1.807) is 0 Å². The summed E-state index contributed by atoms with van der Waals surface area (Å²) >= 11 is 0. The number of nitrogens with one attached hydrogen (secondary N) is 1. The molecule has 0 fully saturated rings. The molecule has 0 unspecified atom stereocenters. The van der Waals surface area contributed by atoms with Crippen molar-refractivity contribution in [3.63, 3.8) is 0 Å². The first-order valence-corrected chi connectivity index (χ1v) is 7.92. The molecule has 24 heavy (non-hydrogen) atoms. The van der Waals surface area contributed by atoms with Gasteiger partial charge in [-0.25, -0.2) is 0 Å². The van der Waals surface area contributed by atoms with Gasteiger partial charge in [0.2, 0.25) is 5.60 Å². The third-order valence-electron chi connectivity index (χ3n) is 4.35.